The topological polar surface area (TPSA) is 15.6 Å². The Labute approximate surface area is 157 Å². The molecule has 3 rings (SSSR count). The van der Waals surface area contributed by atoms with E-state index in [1.165, 1.54) is 19.1 Å². The van der Waals surface area contributed by atoms with Crippen molar-refractivity contribution >= 4 is 27.8 Å². The molecule has 0 bridgehead atoms. The van der Waals surface area contributed by atoms with Gasteiger partial charge in [-0.25, -0.2) is 4.39 Å². The number of hydrogen-bond donors (Lipinski definition) is 0. The molecule has 0 fully saturated rings. The predicted octanol–water partition coefficient (Wildman–Crippen LogP) is 6.26. The number of hydrogen-bond acceptors (Lipinski definition) is 2. The highest BCUT2D eigenvalue weighted by Crippen LogP contribution is 2.40. The summed E-state index contributed by atoms with van der Waals surface area (Å²) in [5.41, 5.74) is 1.38. The molecule has 2 aromatic rings. The number of rotatable bonds is 2. The van der Waals surface area contributed by atoms with E-state index in [2.05, 4.69) is 20.9 Å². The molecular formula is C19H17BrF4N2. The minimum Gasteiger partial charge on any atom is -0.342 e. The zero-order valence-electron chi connectivity index (χ0n) is 14.4. The van der Waals surface area contributed by atoms with Gasteiger partial charge in [0.05, 0.1) is 21.8 Å². The molecule has 2 aromatic carbocycles. The zero-order chi connectivity index (χ0) is 19.2. The second kappa shape index (κ2) is 6.68. The summed E-state index contributed by atoms with van der Waals surface area (Å²) >= 11 is 3.15. The molecule has 1 aliphatic heterocycles. The van der Waals surface area contributed by atoms with E-state index < -0.39 is 23.6 Å². The van der Waals surface area contributed by atoms with Crippen LogP contribution < -0.4 is 4.90 Å². The van der Waals surface area contributed by atoms with E-state index >= 15 is 0 Å². The lowest BCUT2D eigenvalue weighted by Crippen LogP contribution is -2.37. The second-order valence-corrected chi connectivity index (χ2v) is 7.19. The summed E-state index contributed by atoms with van der Waals surface area (Å²) in [4.78, 5) is 6.25. The van der Waals surface area contributed by atoms with Crippen LogP contribution in [0.15, 0.2) is 39.8 Å². The molecule has 0 N–H and O–H groups in total. The van der Waals surface area contributed by atoms with Gasteiger partial charge in [0.15, 0.2) is 0 Å². The number of nitrogens with zero attached hydrogens (tertiary/aromatic N) is 2. The van der Waals surface area contributed by atoms with Crippen molar-refractivity contribution in [2.75, 3.05) is 4.90 Å². The Hall–Kier alpha value is -1.89. The van der Waals surface area contributed by atoms with E-state index in [1.54, 1.807) is 18.3 Å². The summed E-state index contributed by atoms with van der Waals surface area (Å²) in [5.74, 6) is -0.427. The van der Waals surface area contributed by atoms with Crippen molar-refractivity contribution in [3.05, 3.63) is 62.9 Å². The van der Waals surface area contributed by atoms with E-state index in [4.69, 9.17) is 0 Å². The van der Waals surface area contributed by atoms with Crippen molar-refractivity contribution in [2.24, 2.45) is 4.99 Å². The molecule has 1 heterocycles. The van der Waals surface area contributed by atoms with Crippen LogP contribution in [0.4, 0.5) is 23.2 Å². The second-order valence-electron chi connectivity index (χ2n) is 6.34. The normalized spacial score (nSPS) is 18.0. The molecule has 7 heteroatoms. The molecule has 2 atom stereocenters. The summed E-state index contributed by atoms with van der Waals surface area (Å²) in [7, 11) is 0. The molecule has 0 amide bonds. The van der Waals surface area contributed by atoms with Crippen LogP contribution in [0.2, 0.25) is 0 Å². The minimum absolute atomic E-state index is 0.174. The SMILES string of the molecule is Cc1c(C(C)N2c3cc(F)c(Br)cc3C=N[C@@H]2C)cccc1C(F)(F)F. The van der Waals surface area contributed by atoms with E-state index in [0.717, 1.165) is 6.07 Å². The van der Waals surface area contributed by atoms with Crippen LogP contribution >= 0.6 is 15.9 Å². The molecule has 0 saturated carbocycles. The number of fused-ring (bicyclic) bond motifs is 1. The molecule has 2 nitrogen and oxygen atoms in total. The first-order valence-corrected chi connectivity index (χ1v) is 8.88. The van der Waals surface area contributed by atoms with Crippen molar-refractivity contribution in [1.82, 2.24) is 0 Å². The fourth-order valence-corrected chi connectivity index (χ4v) is 3.80. The van der Waals surface area contributed by atoms with Gasteiger partial charge in [0.2, 0.25) is 0 Å². The summed E-state index contributed by atoms with van der Waals surface area (Å²) < 4.78 is 54.2. The van der Waals surface area contributed by atoms with Gasteiger partial charge in [-0.05, 0) is 66.0 Å². The van der Waals surface area contributed by atoms with Crippen LogP contribution in [0.25, 0.3) is 0 Å². The van der Waals surface area contributed by atoms with Crippen molar-refractivity contribution < 1.29 is 17.6 Å². The van der Waals surface area contributed by atoms with Gasteiger partial charge in [-0.1, -0.05) is 12.1 Å². The van der Waals surface area contributed by atoms with Gasteiger partial charge in [0.1, 0.15) is 12.0 Å². The third kappa shape index (κ3) is 3.24. The first kappa shape index (κ1) is 18.9. The van der Waals surface area contributed by atoms with Gasteiger partial charge in [0.25, 0.3) is 0 Å². The van der Waals surface area contributed by atoms with E-state index in [0.29, 0.717) is 21.3 Å². The van der Waals surface area contributed by atoms with Crippen LogP contribution in [0, 0.1) is 12.7 Å². The Morgan fingerprint density at radius 2 is 1.92 bits per heavy atom. The maximum atomic E-state index is 14.1. The van der Waals surface area contributed by atoms with Gasteiger partial charge >= 0.3 is 6.18 Å². The highest BCUT2D eigenvalue weighted by molar-refractivity contribution is 9.10. The zero-order valence-corrected chi connectivity index (χ0v) is 16.0. The standard InChI is InChI=1S/C19H17BrF4N2/c1-10-14(5-4-6-15(10)19(22,23)24)11(2)26-12(3)25-9-13-7-16(20)17(21)8-18(13)26/h4-9,11-12H,1-3H3/t11?,12-/m0/s1. The third-order valence-corrected chi connectivity index (χ3v) is 5.34. The van der Waals surface area contributed by atoms with Gasteiger partial charge in [-0.2, -0.15) is 13.2 Å². The fraction of sp³-hybridized carbons (Fsp3) is 0.316. The highest BCUT2D eigenvalue weighted by atomic mass is 79.9. The molecule has 0 spiro atoms. The quantitative estimate of drug-likeness (QED) is 0.515. The highest BCUT2D eigenvalue weighted by Gasteiger charge is 2.35. The maximum Gasteiger partial charge on any atom is 0.416 e. The monoisotopic (exact) mass is 428 g/mol. The summed E-state index contributed by atoms with van der Waals surface area (Å²) in [6.45, 7) is 5.11. The van der Waals surface area contributed by atoms with Crippen LogP contribution in [0.5, 0.6) is 0 Å². The summed E-state index contributed by atoms with van der Waals surface area (Å²) in [6, 6.07) is 6.76. The number of anilines is 1. The van der Waals surface area contributed by atoms with Crippen LogP contribution in [-0.2, 0) is 6.18 Å². The number of aliphatic imine (C=N–C) groups is 1. The molecule has 0 aliphatic carbocycles. The molecule has 138 valence electrons. The average molecular weight is 429 g/mol. The Kier molecular flexibility index (Phi) is 4.86. The van der Waals surface area contributed by atoms with E-state index in [1.807, 2.05) is 18.7 Å². The Balaban J connectivity index is 2.10. The first-order chi connectivity index (χ1) is 12.1. The smallest absolute Gasteiger partial charge is 0.342 e. The Bertz CT molecular complexity index is 877. The molecule has 0 aromatic heterocycles. The van der Waals surface area contributed by atoms with Crippen LogP contribution in [0.1, 0.15) is 42.1 Å². The van der Waals surface area contributed by atoms with Crippen molar-refractivity contribution in [3.63, 3.8) is 0 Å². The van der Waals surface area contributed by atoms with E-state index in [9.17, 15) is 17.6 Å². The van der Waals surface area contributed by atoms with Crippen LogP contribution in [-0.4, -0.2) is 12.4 Å². The molecule has 0 radical (unpaired) electrons. The Morgan fingerprint density at radius 1 is 1.23 bits per heavy atom. The average Bonchev–Trinajstić information content (AvgIpc) is 2.55. The minimum atomic E-state index is -4.42. The number of alkyl halides is 3. The van der Waals surface area contributed by atoms with Crippen LogP contribution in [0.3, 0.4) is 0 Å². The lowest BCUT2D eigenvalue weighted by Gasteiger charge is -2.39. The van der Waals surface area contributed by atoms with Crippen molar-refractivity contribution in [2.45, 2.75) is 39.2 Å². The Morgan fingerprint density at radius 3 is 2.58 bits per heavy atom. The van der Waals surface area contributed by atoms with E-state index in [-0.39, 0.29) is 11.7 Å². The number of halogens is 5. The summed E-state index contributed by atoms with van der Waals surface area (Å²) in [6.07, 6.45) is -3.08. The predicted molar refractivity (Wildman–Crippen MR) is 98.2 cm³/mol. The summed E-state index contributed by atoms with van der Waals surface area (Å²) in [5, 5.41) is 0. The van der Waals surface area contributed by atoms with Gasteiger partial charge in [-0.3, -0.25) is 4.99 Å². The van der Waals surface area contributed by atoms with Crippen molar-refractivity contribution in [3.8, 4) is 0 Å². The lowest BCUT2D eigenvalue weighted by atomic mass is 9.95. The fourth-order valence-electron chi connectivity index (χ4n) is 3.44. The molecule has 0 saturated heterocycles. The molecule has 26 heavy (non-hydrogen) atoms. The number of benzene rings is 2. The lowest BCUT2D eigenvalue weighted by molar-refractivity contribution is -0.138. The molecule has 1 unspecified atom stereocenters. The third-order valence-electron chi connectivity index (χ3n) is 4.73. The molecule has 1 aliphatic rings. The van der Waals surface area contributed by atoms with Crippen molar-refractivity contribution in [1.29, 1.82) is 0 Å². The van der Waals surface area contributed by atoms with Gasteiger partial charge in [0, 0.05) is 11.8 Å². The van der Waals surface area contributed by atoms with Gasteiger partial charge < -0.3 is 4.90 Å². The van der Waals surface area contributed by atoms with Gasteiger partial charge in [-0.15, -0.1) is 0 Å². The largest absolute Gasteiger partial charge is 0.416 e. The maximum absolute atomic E-state index is 14.1. The molecular weight excluding hydrogens is 412 g/mol. The first-order valence-electron chi connectivity index (χ1n) is 8.08.